The Kier molecular flexibility index (Phi) is 4.01. The van der Waals surface area contributed by atoms with Crippen LogP contribution in [0.1, 0.15) is 11.3 Å². The van der Waals surface area contributed by atoms with Crippen LogP contribution < -0.4 is 5.32 Å². The van der Waals surface area contributed by atoms with Gasteiger partial charge in [-0.05, 0) is 29.8 Å². The molecule has 0 saturated carbocycles. The van der Waals surface area contributed by atoms with E-state index in [0.29, 0.717) is 6.54 Å². The fourth-order valence-electron chi connectivity index (χ4n) is 1.99. The molecule has 0 spiro atoms. The second-order valence-corrected chi connectivity index (χ2v) is 4.82. The number of hydrogen-bond donors (Lipinski definition) is 1. The number of aromatic nitrogens is 2. The molecule has 1 N–H and O–H groups in total. The summed E-state index contributed by atoms with van der Waals surface area (Å²) in [6.07, 6.45) is 0.354. The molecule has 0 aliphatic carbocycles. The average Bonchev–Trinajstić information content (AvgIpc) is 3.07. The van der Waals surface area contributed by atoms with E-state index in [-0.39, 0.29) is 5.82 Å². The highest BCUT2D eigenvalue weighted by molar-refractivity contribution is 5.57. The number of alkyl halides is 3. The first-order valence-electron chi connectivity index (χ1n) is 6.78. The molecule has 0 saturated heterocycles. The lowest BCUT2D eigenvalue weighted by Gasteiger charge is -2.09. The van der Waals surface area contributed by atoms with Crippen LogP contribution in [0.25, 0.3) is 11.3 Å². The molecule has 0 radical (unpaired) electrons. The summed E-state index contributed by atoms with van der Waals surface area (Å²) in [4.78, 5) is 7.84. The largest absolute Gasteiger partial charge is 0.472 e. The van der Waals surface area contributed by atoms with Crippen molar-refractivity contribution in [2.24, 2.45) is 0 Å². The van der Waals surface area contributed by atoms with E-state index < -0.39 is 11.9 Å². The molecule has 7 heteroatoms. The number of nitrogens with one attached hydrogen (secondary N) is 1. The smallest absolute Gasteiger partial charge is 0.433 e. The predicted molar refractivity (Wildman–Crippen MR) is 78.5 cm³/mol. The minimum absolute atomic E-state index is 0.165. The molecular weight excluding hydrogens is 307 g/mol. The fourth-order valence-corrected chi connectivity index (χ4v) is 1.99. The lowest BCUT2D eigenvalue weighted by atomic mass is 10.2. The summed E-state index contributed by atoms with van der Waals surface area (Å²) in [5, 5.41) is 2.86. The molecule has 3 aromatic rings. The van der Waals surface area contributed by atoms with Crippen molar-refractivity contribution in [3.63, 3.8) is 0 Å². The zero-order chi connectivity index (χ0) is 16.3. The molecule has 0 aromatic carbocycles. The van der Waals surface area contributed by atoms with Gasteiger partial charge >= 0.3 is 6.18 Å². The third-order valence-electron chi connectivity index (χ3n) is 3.15. The van der Waals surface area contributed by atoms with Gasteiger partial charge in [0.05, 0.1) is 18.2 Å². The Morgan fingerprint density at radius 2 is 1.96 bits per heavy atom. The third kappa shape index (κ3) is 3.68. The molecule has 118 valence electrons. The summed E-state index contributed by atoms with van der Waals surface area (Å²) in [6, 6.07) is 9.21. The van der Waals surface area contributed by atoms with Gasteiger partial charge in [-0.15, -0.1) is 0 Å². The van der Waals surface area contributed by atoms with Gasteiger partial charge in [0.25, 0.3) is 0 Å². The van der Waals surface area contributed by atoms with E-state index in [2.05, 4.69) is 15.3 Å². The molecule has 0 unspecified atom stereocenters. The second-order valence-electron chi connectivity index (χ2n) is 4.82. The van der Waals surface area contributed by atoms with Crippen molar-refractivity contribution in [1.29, 1.82) is 0 Å². The first-order valence-corrected chi connectivity index (χ1v) is 6.78. The molecule has 0 aliphatic rings. The van der Waals surface area contributed by atoms with Gasteiger partial charge < -0.3 is 9.73 Å². The van der Waals surface area contributed by atoms with Crippen molar-refractivity contribution in [1.82, 2.24) is 9.97 Å². The van der Waals surface area contributed by atoms with E-state index in [1.807, 2.05) is 12.1 Å². The van der Waals surface area contributed by atoms with Crippen LogP contribution in [0.2, 0.25) is 0 Å². The van der Waals surface area contributed by atoms with Crippen molar-refractivity contribution in [3.8, 4) is 11.3 Å². The zero-order valence-electron chi connectivity index (χ0n) is 11.8. The molecule has 3 rings (SSSR count). The third-order valence-corrected chi connectivity index (χ3v) is 3.15. The van der Waals surface area contributed by atoms with Gasteiger partial charge in [-0.25, -0.2) is 4.98 Å². The Hall–Kier alpha value is -2.83. The highest BCUT2D eigenvalue weighted by atomic mass is 19.4. The summed E-state index contributed by atoms with van der Waals surface area (Å²) in [5.41, 5.74) is 1.54. The van der Waals surface area contributed by atoms with E-state index in [4.69, 9.17) is 4.42 Å². The Morgan fingerprint density at radius 1 is 1.09 bits per heavy atom. The van der Waals surface area contributed by atoms with Crippen LogP contribution in [0.4, 0.5) is 19.0 Å². The monoisotopic (exact) mass is 319 g/mol. The normalized spacial score (nSPS) is 11.4. The van der Waals surface area contributed by atoms with Gasteiger partial charge in [0, 0.05) is 18.3 Å². The number of hydrogen-bond acceptors (Lipinski definition) is 4. The second kappa shape index (κ2) is 6.12. The van der Waals surface area contributed by atoms with Gasteiger partial charge in [0.15, 0.2) is 0 Å². The van der Waals surface area contributed by atoms with Crippen LogP contribution in [-0.4, -0.2) is 9.97 Å². The SMILES string of the molecule is FC(F)(F)c1cccc(NCc2ccc(-c3ccoc3)nc2)n1. The summed E-state index contributed by atoms with van der Waals surface area (Å²) < 4.78 is 42.8. The van der Waals surface area contributed by atoms with E-state index >= 15 is 0 Å². The minimum atomic E-state index is -4.45. The topological polar surface area (TPSA) is 51.0 Å². The van der Waals surface area contributed by atoms with Crippen LogP contribution >= 0.6 is 0 Å². The van der Waals surface area contributed by atoms with Crippen LogP contribution in [0, 0.1) is 0 Å². The summed E-state index contributed by atoms with van der Waals surface area (Å²) in [6.45, 7) is 0.326. The molecule has 23 heavy (non-hydrogen) atoms. The lowest BCUT2D eigenvalue weighted by molar-refractivity contribution is -0.141. The number of anilines is 1. The summed E-state index contributed by atoms with van der Waals surface area (Å²) >= 11 is 0. The Morgan fingerprint density at radius 3 is 2.61 bits per heavy atom. The van der Waals surface area contributed by atoms with E-state index in [0.717, 1.165) is 22.9 Å². The molecule has 0 atom stereocenters. The molecule has 0 bridgehead atoms. The maximum atomic E-state index is 12.6. The zero-order valence-corrected chi connectivity index (χ0v) is 11.8. The lowest BCUT2D eigenvalue weighted by Crippen LogP contribution is -2.10. The van der Waals surface area contributed by atoms with Gasteiger partial charge in [-0.2, -0.15) is 13.2 Å². The maximum absolute atomic E-state index is 12.6. The number of nitrogens with zero attached hydrogens (tertiary/aromatic N) is 2. The first-order chi connectivity index (χ1) is 11.0. The van der Waals surface area contributed by atoms with Crippen LogP contribution in [-0.2, 0) is 12.7 Å². The Labute approximate surface area is 130 Å². The number of halogens is 3. The molecule has 3 aromatic heterocycles. The Bertz CT molecular complexity index is 768. The quantitative estimate of drug-likeness (QED) is 0.776. The van der Waals surface area contributed by atoms with Crippen molar-refractivity contribution in [2.45, 2.75) is 12.7 Å². The molecule has 4 nitrogen and oxygen atoms in total. The standard InChI is InChI=1S/C16H12F3N3O/c17-16(18,19)14-2-1-3-15(22-14)21-9-11-4-5-13(20-8-11)12-6-7-23-10-12/h1-8,10H,9H2,(H,21,22). The van der Waals surface area contributed by atoms with E-state index in [9.17, 15) is 13.2 Å². The average molecular weight is 319 g/mol. The van der Waals surface area contributed by atoms with E-state index in [1.54, 1.807) is 24.8 Å². The number of pyridine rings is 2. The first kappa shape index (κ1) is 15.1. The van der Waals surface area contributed by atoms with Gasteiger partial charge in [-0.3, -0.25) is 4.98 Å². The maximum Gasteiger partial charge on any atom is 0.433 e. The van der Waals surface area contributed by atoms with Crippen molar-refractivity contribution in [3.05, 3.63) is 66.4 Å². The molecule has 0 amide bonds. The molecular formula is C16H12F3N3O. The van der Waals surface area contributed by atoms with Gasteiger partial charge in [-0.1, -0.05) is 12.1 Å². The predicted octanol–water partition coefficient (Wildman–Crippen LogP) is 4.37. The van der Waals surface area contributed by atoms with E-state index in [1.165, 1.54) is 12.1 Å². The van der Waals surface area contributed by atoms with Crippen LogP contribution in [0.15, 0.2) is 59.5 Å². The van der Waals surface area contributed by atoms with Crippen molar-refractivity contribution < 1.29 is 17.6 Å². The van der Waals surface area contributed by atoms with Gasteiger partial charge in [0.2, 0.25) is 0 Å². The number of rotatable bonds is 4. The van der Waals surface area contributed by atoms with Crippen molar-refractivity contribution in [2.75, 3.05) is 5.32 Å². The number of furan rings is 1. The molecule has 0 aliphatic heterocycles. The highest BCUT2D eigenvalue weighted by Gasteiger charge is 2.32. The molecule has 3 heterocycles. The summed E-state index contributed by atoms with van der Waals surface area (Å²) in [7, 11) is 0. The Balaban J connectivity index is 1.67. The van der Waals surface area contributed by atoms with Gasteiger partial charge in [0.1, 0.15) is 11.5 Å². The van der Waals surface area contributed by atoms with Crippen molar-refractivity contribution >= 4 is 5.82 Å². The highest BCUT2D eigenvalue weighted by Crippen LogP contribution is 2.28. The molecule has 0 fully saturated rings. The van der Waals surface area contributed by atoms with Crippen LogP contribution in [0.3, 0.4) is 0 Å². The van der Waals surface area contributed by atoms with Crippen LogP contribution in [0.5, 0.6) is 0 Å². The summed E-state index contributed by atoms with van der Waals surface area (Å²) in [5.74, 6) is 0.165. The minimum Gasteiger partial charge on any atom is -0.472 e. The fraction of sp³-hybridized carbons (Fsp3) is 0.125.